The Labute approximate surface area is 197 Å². The van der Waals surface area contributed by atoms with Crippen molar-refractivity contribution >= 4 is 33.2 Å². The van der Waals surface area contributed by atoms with Gasteiger partial charge in [-0.25, -0.2) is 22.8 Å². The number of ether oxygens (including phenoxy) is 1. The van der Waals surface area contributed by atoms with Gasteiger partial charge in [0.15, 0.2) is 0 Å². The highest BCUT2D eigenvalue weighted by molar-refractivity contribution is 7.89. The summed E-state index contributed by atoms with van der Waals surface area (Å²) in [4.78, 5) is 28.8. The van der Waals surface area contributed by atoms with Gasteiger partial charge in [-0.15, -0.1) is 0 Å². The van der Waals surface area contributed by atoms with E-state index in [9.17, 15) is 18.0 Å². The maximum Gasteiger partial charge on any atom is 0.255 e. The lowest BCUT2D eigenvalue weighted by atomic mass is 10.2. The summed E-state index contributed by atoms with van der Waals surface area (Å²) < 4.78 is 34.3. The Morgan fingerprint density at radius 3 is 2.21 bits per heavy atom. The normalized spacial score (nSPS) is 12.3. The van der Waals surface area contributed by atoms with Gasteiger partial charge in [0, 0.05) is 23.0 Å². The molecule has 11 nitrogen and oxygen atoms in total. The number of sulfonamides is 1. The minimum atomic E-state index is -3.88. The van der Waals surface area contributed by atoms with Crippen molar-refractivity contribution in [2.24, 2.45) is 0 Å². The maximum absolute atomic E-state index is 12.7. The zero-order valence-corrected chi connectivity index (χ0v) is 20.0. The van der Waals surface area contributed by atoms with Crippen LogP contribution in [0.2, 0.25) is 0 Å². The highest BCUT2D eigenvalue weighted by Gasteiger charge is 2.22. The molecule has 1 aromatic heterocycles. The van der Waals surface area contributed by atoms with Gasteiger partial charge in [-0.3, -0.25) is 9.59 Å². The van der Waals surface area contributed by atoms with E-state index in [0.29, 0.717) is 11.4 Å². The van der Waals surface area contributed by atoms with E-state index in [1.165, 1.54) is 42.6 Å². The van der Waals surface area contributed by atoms with E-state index in [-0.39, 0.29) is 28.2 Å². The van der Waals surface area contributed by atoms with Gasteiger partial charge in [-0.1, -0.05) is 0 Å². The predicted molar refractivity (Wildman–Crippen MR) is 126 cm³/mol. The van der Waals surface area contributed by atoms with Crippen molar-refractivity contribution < 1.29 is 22.7 Å². The summed E-state index contributed by atoms with van der Waals surface area (Å²) in [6.45, 7) is 5.09. The van der Waals surface area contributed by atoms with Crippen LogP contribution in [-0.4, -0.2) is 48.1 Å². The average molecular weight is 487 g/mol. The van der Waals surface area contributed by atoms with Crippen molar-refractivity contribution in [1.29, 1.82) is 0 Å². The Balaban J connectivity index is 1.71. The number of aromatic nitrogens is 3. The fourth-order valence-electron chi connectivity index (χ4n) is 3.03. The van der Waals surface area contributed by atoms with Gasteiger partial charge in [0.05, 0.1) is 7.11 Å². The van der Waals surface area contributed by atoms with E-state index in [4.69, 9.17) is 4.74 Å². The van der Waals surface area contributed by atoms with Crippen LogP contribution in [0.1, 0.15) is 37.2 Å². The van der Waals surface area contributed by atoms with Crippen LogP contribution in [0, 0.1) is 0 Å². The van der Waals surface area contributed by atoms with Crippen molar-refractivity contribution in [1.82, 2.24) is 19.5 Å². The third-order valence-electron chi connectivity index (χ3n) is 4.73. The predicted octanol–water partition coefficient (Wildman–Crippen LogP) is 2.43. The number of carbonyl (C=O) groups is 2. The number of nitrogens with one attached hydrogen (secondary N) is 3. The van der Waals surface area contributed by atoms with Crippen LogP contribution in [-0.2, 0) is 14.8 Å². The van der Waals surface area contributed by atoms with Crippen LogP contribution in [0.5, 0.6) is 5.75 Å². The highest BCUT2D eigenvalue weighted by atomic mass is 32.2. The van der Waals surface area contributed by atoms with E-state index in [1.807, 2.05) is 0 Å². The summed E-state index contributed by atoms with van der Waals surface area (Å²) in [5.41, 5.74) is 1.14. The first kappa shape index (κ1) is 24.9. The lowest BCUT2D eigenvalue weighted by Crippen LogP contribution is -2.30. The molecule has 0 aliphatic rings. The SMILES string of the molecule is COc1ccc(C(=O)Nc2ccc(NC(=O)C(C)n3cncn3)cc2)cc1S(=O)(=O)NC(C)C. The second-order valence-electron chi connectivity index (χ2n) is 7.71. The summed E-state index contributed by atoms with van der Waals surface area (Å²) in [6.07, 6.45) is 2.81. The van der Waals surface area contributed by atoms with Crippen LogP contribution < -0.4 is 20.1 Å². The Hall–Kier alpha value is -3.77. The average Bonchev–Trinajstić information content (AvgIpc) is 3.33. The van der Waals surface area contributed by atoms with E-state index < -0.39 is 22.0 Å². The molecule has 0 saturated heterocycles. The molecular formula is C22H26N6O5S. The molecule has 3 N–H and O–H groups in total. The number of amides is 2. The molecule has 0 fully saturated rings. The summed E-state index contributed by atoms with van der Waals surface area (Å²) in [5.74, 6) is -0.644. The van der Waals surface area contributed by atoms with Crippen LogP contribution in [0.25, 0.3) is 0 Å². The molecule has 0 spiro atoms. The molecule has 1 unspecified atom stereocenters. The molecule has 1 atom stereocenters. The van der Waals surface area contributed by atoms with Gasteiger partial charge in [0.25, 0.3) is 5.91 Å². The fourth-order valence-corrected chi connectivity index (χ4v) is 4.47. The second kappa shape index (κ2) is 10.4. The van der Waals surface area contributed by atoms with Crippen molar-refractivity contribution in [2.45, 2.75) is 37.8 Å². The maximum atomic E-state index is 12.7. The quantitative estimate of drug-likeness (QED) is 0.421. The van der Waals surface area contributed by atoms with Gasteiger partial charge >= 0.3 is 0 Å². The van der Waals surface area contributed by atoms with Crippen LogP contribution >= 0.6 is 0 Å². The topological polar surface area (TPSA) is 144 Å². The molecule has 2 aromatic carbocycles. The lowest BCUT2D eigenvalue weighted by molar-refractivity contribution is -0.119. The summed E-state index contributed by atoms with van der Waals surface area (Å²) in [6, 6.07) is 9.80. The van der Waals surface area contributed by atoms with Crippen LogP contribution in [0.3, 0.4) is 0 Å². The number of benzene rings is 2. The van der Waals surface area contributed by atoms with Gasteiger partial charge in [-0.2, -0.15) is 5.10 Å². The molecule has 0 radical (unpaired) electrons. The number of nitrogens with zero attached hydrogens (tertiary/aromatic N) is 3. The summed E-state index contributed by atoms with van der Waals surface area (Å²) in [7, 11) is -2.52. The zero-order chi connectivity index (χ0) is 24.9. The molecule has 12 heteroatoms. The molecule has 0 aliphatic carbocycles. The molecule has 3 aromatic rings. The Morgan fingerprint density at radius 1 is 1.00 bits per heavy atom. The molecule has 34 heavy (non-hydrogen) atoms. The van der Waals surface area contributed by atoms with E-state index >= 15 is 0 Å². The van der Waals surface area contributed by atoms with Gasteiger partial charge < -0.3 is 15.4 Å². The number of hydrogen-bond acceptors (Lipinski definition) is 7. The minimum Gasteiger partial charge on any atom is -0.495 e. The molecule has 0 aliphatic heterocycles. The third-order valence-corrected chi connectivity index (χ3v) is 6.41. The Kier molecular flexibility index (Phi) is 7.64. The number of carbonyl (C=O) groups excluding carboxylic acids is 2. The molecule has 180 valence electrons. The first-order chi connectivity index (χ1) is 16.1. The van der Waals surface area contributed by atoms with E-state index in [0.717, 1.165) is 0 Å². The minimum absolute atomic E-state index is 0.129. The molecule has 2 amide bonds. The fraction of sp³-hybridized carbons (Fsp3) is 0.273. The van der Waals surface area contributed by atoms with Crippen molar-refractivity contribution in [3.05, 3.63) is 60.7 Å². The first-order valence-electron chi connectivity index (χ1n) is 10.4. The van der Waals surface area contributed by atoms with E-state index in [2.05, 4.69) is 25.4 Å². The number of methoxy groups -OCH3 is 1. The summed E-state index contributed by atoms with van der Waals surface area (Å²) >= 11 is 0. The second-order valence-corrected chi connectivity index (χ2v) is 9.40. The zero-order valence-electron chi connectivity index (χ0n) is 19.1. The van der Waals surface area contributed by atoms with Crippen LogP contribution in [0.15, 0.2) is 60.0 Å². The monoisotopic (exact) mass is 486 g/mol. The number of anilines is 2. The molecule has 0 bridgehead atoms. The first-order valence-corrected chi connectivity index (χ1v) is 11.9. The largest absolute Gasteiger partial charge is 0.495 e. The van der Waals surface area contributed by atoms with Gasteiger partial charge in [0.2, 0.25) is 15.9 Å². The van der Waals surface area contributed by atoms with Crippen LogP contribution in [0.4, 0.5) is 11.4 Å². The standard InChI is InChI=1S/C22H26N6O5S/c1-14(2)27-34(31,32)20-11-16(5-10-19(20)33-4)22(30)26-18-8-6-17(7-9-18)25-21(29)15(3)28-13-23-12-24-28/h5-15,27H,1-4H3,(H,25,29)(H,26,30). The van der Waals surface area contributed by atoms with Gasteiger partial charge in [-0.05, 0) is 63.2 Å². The molecule has 0 saturated carbocycles. The summed E-state index contributed by atoms with van der Waals surface area (Å²) in [5, 5.41) is 9.43. The Bertz CT molecular complexity index is 1260. The highest BCUT2D eigenvalue weighted by Crippen LogP contribution is 2.26. The molecule has 3 rings (SSSR count). The third kappa shape index (κ3) is 5.97. The smallest absolute Gasteiger partial charge is 0.255 e. The lowest BCUT2D eigenvalue weighted by Gasteiger charge is -2.14. The van der Waals surface area contributed by atoms with Gasteiger partial charge in [0.1, 0.15) is 29.3 Å². The Morgan fingerprint density at radius 2 is 1.65 bits per heavy atom. The van der Waals surface area contributed by atoms with Crippen molar-refractivity contribution in [3.8, 4) is 5.75 Å². The van der Waals surface area contributed by atoms with Crippen molar-refractivity contribution in [3.63, 3.8) is 0 Å². The molecule has 1 heterocycles. The van der Waals surface area contributed by atoms with Crippen molar-refractivity contribution in [2.75, 3.05) is 17.7 Å². The molecular weight excluding hydrogens is 460 g/mol. The van der Waals surface area contributed by atoms with E-state index in [1.54, 1.807) is 45.0 Å². The number of hydrogen-bond donors (Lipinski definition) is 3. The number of rotatable bonds is 9.